The van der Waals surface area contributed by atoms with Crippen molar-refractivity contribution in [3.63, 3.8) is 0 Å². The molecule has 1 heterocycles. The van der Waals surface area contributed by atoms with Crippen LogP contribution in [0.3, 0.4) is 0 Å². The lowest BCUT2D eigenvalue weighted by molar-refractivity contribution is 0.00704. The van der Waals surface area contributed by atoms with Crippen molar-refractivity contribution in [2.24, 2.45) is 0 Å². The molecule has 4 aromatic carbocycles. The third-order valence-electron chi connectivity index (χ3n) is 7.46. The van der Waals surface area contributed by atoms with E-state index in [2.05, 4.69) is 28.9 Å². The molecule has 8 heteroatoms. The van der Waals surface area contributed by atoms with Gasteiger partial charge in [0.2, 0.25) is 0 Å². The Morgan fingerprint density at radius 3 is 2.31 bits per heavy atom. The van der Waals surface area contributed by atoms with Gasteiger partial charge in [0, 0.05) is 18.7 Å². The lowest BCUT2D eigenvalue weighted by atomic mass is 9.98. The summed E-state index contributed by atoms with van der Waals surface area (Å²) in [5.74, 6) is 0.488. The number of benzene rings is 4. The lowest BCUT2D eigenvalue weighted by Crippen LogP contribution is -2.24. The summed E-state index contributed by atoms with van der Waals surface area (Å²) in [5, 5.41) is 3.13. The fourth-order valence-corrected chi connectivity index (χ4v) is 6.46. The number of imidazole rings is 1. The van der Waals surface area contributed by atoms with Crippen molar-refractivity contribution in [1.82, 2.24) is 9.55 Å². The Morgan fingerprint density at radius 1 is 0.889 bits per heavy atom. The van der Waals surface area contributed by atoms with E-state index in [9.17, 15) is 13.2 Å². The summed E-state index contributed by atoms with van der Waals surface area (Å²) >= 11 is 0. The minimum Gasteiger partial charge on any atom is -0.456 e. The monoisotopic (exact) mass is 623 g/mol. The van der Waals surface area contributed by atoms with Crippen LogP contribution in [-0.4, -0.2) is 35.4 Å². The number of rotatable bonds is 12. The van der Waals surface area contributed by atoms with Gasteiger partial charge < -0.3 is 14.6 Å². The number of nitrogens with one attached hydrogen (secondary N) is 1. The molecule has 0 unspecified atom stereocenters. The van der Waals surface area contributed by atoms with E-state index in [1.165, 1.54) is 0 Å². The number of hydrogen-bond acceptors (Lipinski definition) is 6. The van der Waals surface area contributed by atoms with Gasteiger partial charge in [-0.2, -0.15) is 0 Å². The van der Waals surface area contributed by atoms with E-state index in [1.807, 2.05) is 99.6 Å². The van der Waals surface area contributed by atoms with Crippen molar-refractivity contribution in [3.05, 3.63) is 120 Å². The fraction of sp³-hybridized carbons (Fsp3) is 0.297. The maximum absolute atomic E-state index is 12.9. The van der Waals surface area contributed by atoms with Crippen LogP contribution in [0.5, 0.6) is 0 Å². The number of fused-ring (bicyclic) bond motifs is 1. The first-order chi connectivity index (χ1) is 21.5. The second kappa shape index (κ2) is 13.7. The SMILES string of the molecule is CCCCc1nc2ccc(NCS(=O)(=O)Cc3ccccc3)cc2n1Cc1ccc(-c2ccccc2C(=O)OC(C)(C)C)cc1. The van der Waals surface area contributed by atoms with Gasteiger partial charge in [0.1, 0.15) is 17.3 Å². The van der Waals surface area contributed by atoms with Crippen molar-refractivity contribution in [2.75, 3.05) is 11.2 Å². The molecule has 0 aliphatic rings. The van der Waals surface area contributed by atoms with E-state index >= 15 is 0 Å². The zero-order valence-corrected chi connectivity index (χ0v) is 27.2. The first-order valence-electron chi connectivity index (χ1n) is 15.4. The topological polar surface area (TPSA) is 90.3 Å². The van der Waals surface area contributed by atoms with Crippen molar-refractivity contribution < 1.29 is 17.9 Å². The molecule has 0 aliphatic heterocycles. The van der Waals surface area contributed by atoms with Crippen LogP contribution in [0.1, 0.15) is 67.8 Å². The minimum atomic E-state index is -3.36. The Labute approximate surface area is 266 Å². The number of aromatic nitrogens is 2. The average Bonchev–Trinajstić information content (AvgIpc) is 3.35. The molecule has 0 atom stereocenters. The molecule has 7 nitrogen and oxygen atoms in total. The molecule has 0 saturated carbocycles. The van der Waals surface area contributed by atoms with E-state index in [-0.39, 0.29) is 17.6 Å². The summed E-state index contributed by atoms with van der Waals surface area (Å²) in [6.07, 6.45) is 2.92. The lowest BCUT2D eigenvalue weighted by Gasteiger charge is -2.20. The molecule has 0 saturated heterocycles. The summed E-state index contributed by atoms with van der Waals surface area (Å²) in [4.78, 5) is 17.9. The Bertz CT molecular complexity index is 1870. The summed E-state index contributed by atoms with van der Waals surface area (Å²) < 4.78 is 33.5. The number of esters is 1. The molecule has 5 rings (SSSR count). The van der Waals surface area contributed by atoms with Gasteiger partial charge in [-0.25, -0.2) is 18.2 Å². The van der Waals surface area contributed by atoms with Gasteiger partial charge in [0.05, 0.1) is 22.3 Å². The predicted octanol–water partition coefficient (Wildman–Crippen LogP) is 8.03. The standard InChI is InChI=1S/C37H41N3O4S/c1-5-6-16-35-39-33-22-21-30(38-26-45(42,43)25-28-12-8-7-9-13-28)23-34(33)40(35)24-27-17-19-29(20-18-27)31-14-10-11-15-32(31)36(41)44-37(2,3)4/h7-15,17-23,38H,5-6,16,24-26H2,1-4H3. The molecular weight excluding hydrogens is 582 g/mol. The van der Waals surface area contributed by atoms with Gasteiger partial charge in [-0.3, -0.25) is 0 Å². The maximum atomic E-state index is 12.9. The summed E-state index contributed by atoms with van der Waals surface area (Å²) in [5.41, 5.74) is 6.14. The first-order valence-corrected chi connectivity index (χ1v) is 17.2. The Hall–Kier alpha value is -4.43. The van der Waals surface area contributed by atoms with Gasteiger partial charge >= 0.3 is 5.97 Å². The zero-order chi connectivity index (χ0) is 32.0. The van der Waals surface area contributed by atoms with Crippen LogP contribution in [0.2, 0.25) is 0 Å². The molecule has 0 spiro atoms. The number of nitrogens with zero attached hydrogens (tertiary/aromatic N) is 2. The van der Waals surface area contributed by atoms with Crippen LogP contribution < -0.4 is 5.32 Å². The van der Waals surface area contributed by atoms with Crippen molar-refractivity contribution >= 4 is 32.5 Å². The summed E-state index contributed by atoms with van der Waals surface area (Å²) in [6.45, 7) is 8.37. The highest BCUT2D eigenvalue weighted by Gasteiger charge is 2.21. The molecular formula is C37H41N3O4S. The van der Waals surface area contributed by atoms with Crippen molar-refractivity contribution in [3.8, 4) is 11.1 Å². The molecule has 0 amide bonds. The third kappa shape index (κ3) is 8.39. The van der Waals surface area contributed by atoms with E-state index in [0.717, 1.165) is 64.1 Å². The summed E-state index contributed by atoms with van der Waals surface area (Å²) in [6, 6.07) is 30.8. The molecule has 0 fully saturated rings. The van der Waals surface area contributed by atoms with Crippen LogP contribution >= 0.6 is 0 Å². The smallest absolute Gasteiger partial charge is 0.339 e. The average molecular weight is 624 g/mol. The fourth-order valence-electron chi connectivity index (χ4n) is 5.28. The van der Waals surface area contributed by atoms with Crippen LogP contribution in [-0.2, 0) is 33.3 Å². The largest absolute Gasteiger partial charge is 0.456 e. The van der Waals surface area contributed by atoms with Crippen LogP contribution in [0.25, 0.3) is 22.2 Å². The maximum Gasteiger partial charge on any atom is 0.339 e. The number of aryl methyl sites for hydroxylation is 1. The number of carbonyl (C=O) groups is 1. The van der Waals surface area contributed by atoms with E-state index in [0.29, 0.717) is 12.1 Å². The van der Waals surface area contributed by atoms with E-state index < -0.39 is 15.4 Å². The molecule has 5 aromatic rings. The molecule has 45 heavy (non-hydrogen) atoms. The molecule has 1 N–H and O–H groups in total. The van der Waals surface area contributed by atoms with Gasteiger partial charge in [0.25, 0.3) is 0 Å². The number of sulfone groups is 1. The minimum absolute atomic E-state index is 0.0135. The zero-order valence-electron chi connectivity index (χ0n) is 26.4. The number of unbranched alkanes of at least 4 members (excludes halogenated alkanes) is 1. The first kappa shape index (κ1) is 32.0. The number of anilines is 1. The molecule has 0 bridgehead atoms. The van der Waals surface area contributed by atoms with Crippen molar-refractivity contribution in [2.45, 2.75) is 64.9 Å². The second-order valence-corrected chi connectivity index (χ2v) is 14.4. The van der Waals surface area contributed by atoms with Gasteiger partial charge in [-0.05, 0) is 73.7 Å². The molecule has 0 radical (unpaired) electrons. The highest BCUT2D eigenvalue weighted by molar-refractivity contribution is 7.90. The third-order valence-corrected chi connectivity index (χ3v) is 8.82. The number of carbonyl (C=O) groups excluding carboxylic acids is 1. The Kier molecular flexibility index (Phi) is 9.73. The van der Waals surface area contributed by atoms with Crippen LogP contribution in [0.15, 0.2) is 97.1 Å². The van der Waals surface area contributed by atoms with Gasteiger partial charge in [0.15, 0.2) is 9.84 Å². The number of hydrogen-bond donors (Lipinski definition) is 1. The van der Waals surface area contributed by atoms with E-state index in [4.69, 9.17) is 9.72 Å². The second-order valence-electron chi connectivity index (χ2n) is 12.4. The normalized spacial score (nSPS) is 11.9. The Morgan fingerprint density at radius 2 is 1.60 bits per heavy atom. The Balaban J connectivity index is 1.38. The highest BCUT2D eigenvalue weighted by Crippen LogP contribution is 2.28. The van der Waals surface area contributed by atoms with Crippen LogP contribution in [0, 0.1) is 0 Å². The summed E-state index contributed by atoms with van der Waals surface area (Å²) in [7, 11) is -3.36. The van der Waals surface area contributed by atoms with Gasteiger partial charge in [-0.1, -0.05) is 86.1 Å². The highest BCUT2D eigenvalue weighted by atomic mass is 32.2. The van der Waals surface area contributed by atoms with Gasteiger partial charge in [-0.15, -0.1) is 0 Å². The van der Waals surface area contributed by atoms with Crippen molar-refractivity contribution in [1.29, 1.82) is 0 Å². The molecule has 234 valence electrons. The van der Waals surface area contributed by atoms with E-state index in [1.54, 1.807) is 6.07 Å². The quantitative estimate of drug-likeness (QED) is 0.142. The molecule has 1 aromatic heterocycles. The predicted molar refractivity (Wildman–Crippen MR) is 182 cm³/mol. The molecule has 0 aliphatic carbocycles. The number of ether oxygens (including phenoxy) is 1. The van der Waals surface area contributed by atoms with Crippen LogP contribution in [0.4, 0.5) is 5.69 Å².